The lowest BCUT2D eigenvalue weighted by molar-refractivity contribution is 0.0694. The van der Waals surface area contributed by atoms with E-state index >= 15 is 0 Å². The van der Waals surface area contributed by atoms with Crippen molar-refractivity contribution in [2.75, 3.05) is 6.61 Å². The van der Waals surface area contributed by atoms with Crippen LogP contribution in [0, 0.1) is 5.92 Å². The zero-order valence-corrected chi connectivity index (χ0v) is 4.84. The van der Waals surface area contributed by atoms with Crippen molar-refractivity contribution in [2.45, 2.75) is 25.0 Å². The summed E-state index contributed by atoms with van der Waals surface area (Å²) < 4.78 is 5.34. The fourth-order valence-corrected chi connectivity index (χ4v) is 1.69. The SMILES string of the molecule is N[C@H]1CC2C[C@@H]1CO2. The molecule has 0 aromatic heterocycles. The quantitative estimate of drug-likeness (QED) is 0.484. The molecule has 1 unspecified atom stereocenters. The summed E-state index contributed by atoms with van der Waals surface area (Å²) in [6, 6.07) is 0.453. The second-order valence-corrected chi connectivity index (χ2v) is 2.85. The Labute approximate surface area is 49.0 Å². The molecule has 1 saturated heterocycles. The van der Waals surface area contributed by atoms with Gasteiger partial charge in [-0.25, -0.2) is 0 Å². The zero-order chi connectivity index (χ0) is 5.56. The van der Waals surface area contributed by atoms with E-state index in [1.54, 1.807) is 0 Å². The molecule has 2 bridgehead atoms. The van der Waals surface area contributed by atoms with E-state index in [1.165, 1.54) is 6.42 Å². The summed E-state index contributed by atoms with van der Waals surface area (Å²) in [4.78, 5) is 0. The van der Waals surface area contributed by atoms with Crippen LogP contribution < -0.4 is 5.73 Å². The van der Waals surface area contributed by atoms with E-state index in [0.717, 1.165) is 13.0 Å². The van der Waals surface area contributed by atoms with Crippen LogP contribution in [-0.4, -0.2) is 18.8 Å². The molecule has 2 rings (SSSR count). The molecule has 1 aliphatic carbocycles. The Morgan fingerprint density at radius 3 is 2.50 bits per heavy atom. The second kappa shape index (κ2) is 1.45. The van der Waals surface area contributed by atoms with Gasteiger partial charge in [-0.2, -0.15) is 0 Å². The van der Waals surface area contributed by atoms with Crippen LogP contribution in [0.3, 0.4) is 0 Å². The van der Waals surface area contributed by atoms with E-state index in [1.807, 2.05) is 0 Å². The number of ether oxygens (including phenoxy) is 1. The maximum atomic E-state index is 5.74. The van der Waals surface area contributed by atoms with Gasteiger partial charge < -0.3 is 10.5 Å². The molecule has 0 spiro atoms. The molecule has 2 aliphatic rings. The highest BCUT2D eigenvalue weighted by molar-refractivity contribution is 4.91. The van der Waals surface area contributed by atoms with Gasteiger partial charge in [-0.1, -0.05) is 0 Å². The van der Waals surface area contributed by atoms with Crippen molar-refractivity contribution in [3.63, 3.8) is 0 Å². The van der Waals surface area contributed by atoms with Gasteiger partial charge in [0.2, 0.25) is 0 Å². The molecule has 3 atom stereocenters. The van der Waals surface area contributed by atoms with Crippen LogP contribution in [0.15, 0.2) is 0 Å². The minimum atomic E-state index is 0.453. The Morgan fingerprint density at radius 2 is 2.25 bits per heavy atom. The van der Waals surface area contributed by atoms with Gasteiger partial charge in [-0.15, -0.1) is 0 Å². The minimum absolute atomic E-state index is 0.453. The highest BCUT2D eigenvalue weighted by Crippen LogP contribution is 2.33. The van der Waals surface area contributed by atoms with Gasteiger partial charge in [0.15, 0.2) is 0 Å². The van der Waals surface area contributed by atoms with Gasteiger partial charge in [0.1, 0.15) is 0 Å². The van der Waals surface area contributed by atoms with Crippen molar-refractivity contribution in [2.24, 2.45) is 11.7 Å². The molecule has 0 aromatic carbocycles. The Balaban J connectivity index is 2.11. The lowest BCUT2D eigenvalue weighted by Gasteiger charge is -2.16. The van der Waals surface area contributed by atoms with Crippen molar-refractivity contribution in [3.8, 4) is 0 Å². The molecule has 2 heteroatoms. The van der Waals surface area contributed by atoms with E-state index < -0.39 is 0 Å². The molecular formula is C6H11NO. The monoisotopic (exact) mass is 113 g/mol. The smallest absolute Gasteiger partial charge is 0.0594 e. The van der Waals surface area contributed by atoms with Crippen LogP contribution in [0.2, 0.25) is 0 Å². The largest absolute Gasteiger partial charge is 0.378 e. The highest BCUT2D eigenvalue weighted by Gasteiger charge is 2.38. The van der Waals surface area contributed by atoms with E-state index in [0.29, 0.717) is 18.1 Å². The molecular weight excluding hydrogens is 102 g/mol. The summed E-state index contributed by atoms with van der Waals surface area (Å²) in [6.45, 7) is 0.922. The summed E-state index contributed by atoms with van der Waals surface area (Å²) in [7, 11) is 0. The van der Waals surface area contributed by atoms with E-state index in [4.69, 9.17) is 10.5 Å². The van der Waals surface area contributed by atoms with E-state index in [-0.39, 0.29) is 0 Å². The molecule has 8 heavy (non-hydrogen) atoms. The number of nitrogens with two attached hydrogens (primary N) is 1. The summed E-state index contributed by atoms with van der Waals surface area (Å²) in [5.41, 5.74) is 5.74. The molecule has 2 fully saturated rings. The normalized spacial score (nSPS) is 52.9. The third-order valence-corrected chi connectivity index (χ3v) is 2.25. The van der Waals surface area contributed by atoms with Gasteiger partial charge in [0.25, 0.3) is 0 Å². The van der Waals surface area contributed by atoms with E-state index in [9.17, 15) is 0 Å². The first-order valence-electron chi connectivity index (χ1n) is 3.23. The van der Waals surface area contributed by atoms with Crippen molar-refractivity contribution in [1.82, 2.24) is 0 Å². The Morgan fingerprint density at radius 1 is 1.38 bits per heavy atom. The van der Waals surface area contributed by atoms with Crippen LogP contribution in [0.4, 0.5) is 0 Å². The molecule has 46 valence electrons. The standard InChI is InChI=1S/C6H11NO/c7-6-2-5-1-4(6)3-8-5/h4-6H,1-3,7H2/t4-,5?,6+/m1/s1. The summed E-state index contributed by atoms with van der Waals surface area (Å²) >= 11 is 0. The van der Waals surface area contributed by atoms with Crippen molar-refractivity contribution >= 4 is 0 Å². The molecule has 2 N–H and O–H groups in total. The molecule has 0 radical (unpaired) electrons. The van der Waals surface area contributed by atoms with Crippen LogP contribution >= 0.6 is 0 Å². The Bertz CT molecular complexity index is 103. The average Bonchev–Trinajstić information content (AvgIpc) is 2.23. The number of hydrogen-bond acceptors (Lipinski definition) is 2. The molecule has 0 aromatic rings. The minimum Gasteiger partial charge on any atom is -0.378 e. The Kier molecular flexibility index (Phi) is 0.866. The molecule has 1 aliphatic heterocycles. The van der Waals surface area contributed by atoms with Gasteiger partial charge in [0, 0.05) is 6.04 Å². The maximum absolute atomic E-state index is 5.74. The molecule has 1 saturated carbocycles. The molecule has 1 heterocycles. The predicted molar refractivity (Wildman–Crippen MR) is 30.4 cm³/mol. The van der Waals surface area contributed by atoms with Gasteiger partial charge in [-0.3, -0.25) is 0 Å². The average molecular weight is 113 g/mol. The third-order valence-electron chi connectivity index (χ3n) is 2.25. The van der Waals surface area contributed by atoms with Gasteiger partial charge in [0.05, 0.1) is 12.7 Å². The van der Waals surface area contributed by atoms with Crippen LogP contribution in [-0.2, 0) is 4.74 Å². The highest BCUT2D eigenvalue weighted by atomic mass is 16.5. The van der Waals surface area contributed by atoms with Crippen molar-refractivity contribution < 1.29 is 4.74 Å². The first-order valence-corrected chi connectivity index (χ1v) is 3.23. The summed E-state index contributed by atoms with van der Waals surface area (Å²) in [5.74, 6) is 0.694. The van der Waals surface area contributed by atoms with Crippen LogP contribution in [0.25, 0.3) is 0 Å². The molecule has 0 amide bonds. The fourth-order valence-electron chi connectivity index (χ4n) is 1.69. The number of rotatable bonds is 0. The maximum Gasteiger partial charge on any atom is 0.0594 e. The van der Waals surface area contributed by atoms with Crippen molar-refractivity contribution in [1.29, 1.82) is 0 Å². The number of fused-ring (bicyclic) bond motifs is 2. The fraction of sp³-hybridized carbons (Fsp3) is 1.00. The van der Waals surface area contributed by atoms with Gasteiger partial charge in [-0.05, 0) is 18.8 Å². The summed E-state index contributed by atoms with van der Waals surface area (Å²) in [5, 5.41) is 0. The van der Waals surface area contributed by atoms with Crippen LogP contribution in [0.5, 0.6) is 0 Å². The Hall–Kier alpha value is -0.0800. The summed E-state index contributed by atoms with van der Waals surface area (Å²) in [6.07, 6.45) is 2.85. The van der Waals surface area contributed by atoms with Crippen LogP contribution in [0.1, 0.15) is 12.8 Å². The topological polar surface area (TPSA) is 35.2 Å². The first-order chi connectivity index (χ1) is 3.86. The lowest BCUT2D eigenvalue weighted by atomic mass is 10.1. The lowest BCUT2D eigenvalue weighted by Crippen LogP contribution is -2.30. The molecule has 2 nitrogen and oxygen atoms in total. The first kappa shape index (κ1) is 4.77. The zero-order valence-electron chi connectivity index (χ0n) is 4.84. The third kappa shape index (κ3) is 0.501. The van der Waals surface area contributed by atoms with E-state index in [2.05, 4.69) is 0 Å². The number of hydrogen-bond donors (Lipinski definition) is 1. The van der Waals surface area contributed by atoms with Crippen molar-refractivity contribution in [3.05, 3.63) is 0 Å². The van der Waals surface area contributed by atoms with Gasteiger partial charge >= 0.3 is 0 Å². The second-order valence-electron chi connectivity index (χ2n) is 2.85. The predicted octanol–water partition coefficient (Wildman–Crippen LogP) is 0.122.